The Labute approximate surface area is 164 Å². The molecule has 7 nitrogen and oxygen atoms in total. The summed E-state index contributed by atoms with van der Waals surface area (Å²) in [6, 6.07) is 8.75. The molecule has 0 bridgehead atoms. The van der Waals surface area contributed by atoms with Gasteiger partial charge < -0.3 is 24.8 Å². The summed E-state index contributed by atoms with van der Waals surface area (Å²) >= 11 is 0. The summed E-state index contributed by atoms with van der Waals surface area (Å²) in [5.41, 5.74) is 2.91. The van der Waals surface area contributed by atoms with E-state index in [-0.39, 0.29) is 11.8 Å². The van der Waals surface area contributed by atoms with Gasteiger partial charge in [0.25, 0.3) is 0 Å². The molecule has 0 aliphatic heterocycles. The standard InChI is InChI=1S/C21H24N2O5/c1-13-10-16(7-8-17(13)22-14(2)24)23-20(25)9-6-15-11-18(26-3)21(28-5)19(12-15)27-4/h6-12H,1-5H3,(H,22,24)(H,23,25)/b9-6+. The van der Waals surface area contributed by atoms with Gasteiger partial charge >= 0.3 is 0 Å². The lowest BCUT2D eigenvalue weighted by Crippen LogP contribution is -2.10. The molecule has 0 heterocycles. The zero-order valence-electron chi connectivity index (χ0n) is 16.6. The largest absolute Gasteiger partial charge is 0.493 e. The molecular formula is C21H24N2O5. The molecule has 2 N–H and O–H groups in total. The minimum atomic E-state index is -0.291. The van der Waals surface area contributed by atoms with Gasteiger partial charge in [-0.1, -0.05) is 0 Å². The van der Waals surface area contributed by atoms with E-state index in [0.29, 0.717) is 28.6 Å². The van der Waals surface area contributed by atoms with Crippen LogP contribution in [0.25, 0.3) is 6.08 Å². The van der Waals surface area contributed by atoms with Gasteiger partial charge in [-0.25, -0.2) is 0 Å². The lowest BCUT2D eigenvalue weighted by Gasteiger charge is -2.12. The average Bonchev–Trinajstić information content (AvgIpc) is 2.67. The van der Waals surface area contributed by atoms with Gasteiger partial charge in [-0.3, -0.25) is 9.59 Å². The molecule has 2 rings (SSSR count). The Morgan fingerprint density at radius 3 is 2.07 bits per heavy atom. The minimum absolute atomic E-state index is 0.145. The minimum Gasteiger partial charge on any atom is -0.493 e. The van der Waals surface area contributed by atoms with Crippen LogP contribution >= 0.6 is 0 Å². The molecule has 0 aliphatic carbocycles. The van der Waals surface area contributed by atoms with Crippen LogP contribution in [-0.4, -0.2) is 33.1 Å². The summed E-state index contributed by atoms with van der Waals surface area (Å²) in [4.78, 5) is 23.4. The highest BCUT2D eigenvalue weighted by atomic mass is 16.5. The zero-order valence-corrected chi connectivity index (χ0v) is 16.6. The molecule has 0 saturated carbocycles. The van der Waals surface area contributed by atoms with Crippen molar-refractivity contribution in [3.63, 3.8) is 0 Å². The van der Waals surface area contributed by atoms with Crippen LogP contribution in [0.1, 0.15) is 18.1 Å². The van der Waals surface area contributed by atoms with Crippen molar-refractivity contribution in [2.45, 2.75) is 13.8 Å². The van der Waals surface area contributed by atoms with E-state index in [1.165, 1.54) is 34.3 Å². The van der Waals surface area contributed by atoms with Crippen LogP contribution in [0.5, 0.6) is 17.2 Å². The molecule has 0 unspecified atom stereocenters. The van der Waals surface area contributed by atoms with Crippen LogP contribution in [0.3, 0.4) is 0 Å². The van der Waals surface area contributed by atoms with E-state index in [1.54, 1.807) is 36.4 Å². The van der Waals surface area contributed by atoms with Crippen LogP contribution in [0.2, 0.25) is 0 Å². The van der Waals surface area contributed by atoms with Crippen LogP contribution < -0.4 is 24.8 Å². The molecular weight excluding hydrogens is 360 g/mol. The monoisotopic (exact) mass is 384 g/mol. The molecule has 2 aromatic rings. The predicted molar refractivity (Wildman–Crippen MR) is 109 cm³/mol. The van der Waals surface area contributed by atoms with Gasteiger partial charge in [0.05, 0.1) is 21.3 Å². The van der Waals surface area contributed by atoms with E-state index in [9.17, 15) is 9.59 Å². The number of hydrogen-bond donors (Lipinski definition) is 2. The first-order valence-electron chi connectivity index (χ1n) is 8.55. The first kappa shape index (κ1) is 20.8. The molecule has 7 heteroatoms. The number of methoxy groups -OCH3 is 3. The Bertz CT molecular complexity index is 881. The maximum atomic E-state index is 12.2. The molecule has 2 aromatic carbocycles. The Morgan fingerprint density at radius 1 is 0.929 bits per heavy atom. The summed E-state index contributed by atoms with van der Waals surface area (Å²) in [5, 5.41) is 5.52. The van der Waals surface area contributed by atoms with Gasteiger partial charge in [-0.05, 0) is 54.5 Å². The molecule has 148 valence electrons. The van der Waals surface area contributed by atoms with Gasteiger partial charge in [0, 0.05) is 24.4 Å². The summed E-state index contributed by atoms with van der Waals surface area (Å²) in [7, 11) is 4.59. The lowest BCUT2D eigenvalue weighted by molar-refractivity contribution is -0.114. The maximum Gasteiger partial charge on any atom is 0.248 e. The van der Waals surface area contributed by atoms with Crippen molar-refractivity contribution in [3.05, 3.63) is 47.5 Å². The van der Waals surface area contributed by atoms with Crippen LogP contribution in [0.4, 0.5) is 11.4 Å². The van der Waals surface area contributed by atoms with E-state index in [4.69, 9.17) is 14.2 Å². The number of rotatable bonds is 7. The Balaban J connectivity index is 2.14. The second-order valence-corrected chi connectivity index (χ2v) is 5.99. The quantitative estimate of drug-likeness (QED) is 0.712. The third-order valence-corrected chi connectivity index (χ3v) is 3.92. The van der Waals surface area contributed by atoms with E-state index in [1.807, 2.05) is 6.92 Å². The molecule has 28 heavy (non-hydrogen) atoms. The van der Waals surface area contributed by atoms with E-state index < -0.39 is 0 Å². The SMILES string of the molecule is COc1cc(/C=C/C(=O)Nc2ccc(NC(C)=O)c(C)c2)cc(OC)c1OC. The summed E-state index contributed by atoms with van der Waals surface area (Å²) in [5.74, 6) is 1.06. The van der Waals surface area contributed by atoms with Gasteiger partial charge in [0.2, 0.25) is 17.6 Å². The number of anilines is 2. The number of benzene rings is 2. The van der Waals surface area contributed by atoms with Crippen LogP contribution in [0.15, 0.2) is 36.4 Å². The first-order chi connectivity index (χ1) is 13.4. The fraction of sp³-hybridized carbons (Fsp3) is 0.238. The molecule has 0 saturated heterocycles. The van der Waals surface area contributed by atoms with Crippen molar-refractivity contribution < 1.29 is 23.8 Å². The van der Waals surface area contributed by atoms with Gasteiger partial charge in [0.15, 0.2) is 11.5 Å². The van der Waals surface area contributed by atoms with E-state index in [0.717, 1.165) is 11.1 Å². The number of ether oxygens (including phenoxy) is 3. The van der Waals surface area contributed by atoms with Crippen molar-refractivity contribution >= 4 is 29.3 Å². The highest BCUT2D eigenvalue weighted by Crippen LogP contribution is 2.38. The predicted octanol–water partition coefficient (Wildman–Crippen LogP) is 3.63. The molecule has 0 aromatic heterocycles. The van der Waals surface area contributed by atoms with Crippen molar-refractivity contribution in [2.75, 3.05) is 32.0 Å². The molecule has 0 atom stereocenters. The van der Waals surface area contributed by atoms with Crippen molar-refractivity contribution in [1.82, 2.24) is 0 Å². The number of aryl methyl sites for hydroxylation is 1. The highest BCUT2D eigenvalue weighted by molar-refractivity contribution is 6.02. The van der Waals surface area contributed by atoms with Gasteiger partial charge in [-0.15, -0.1) is 0 Å². The van der Waals surface area contributed by atoms with Crippen molar-refractivity contribution in [1.29, 1.82) is 0 Å². The van der Waals surface area contributed by atoms with E-state index >= 15 is 0 Å². The normalized spacial score (nSPS) is 10.5. The van der Waals surface area contributed by atoms with E-state index in [2.05, 4.69) is 10.6 Å². The van der Waals surface area contributed by atoms with Crippen LogP contribution in [0, 0.1) is 6.92 Å². The number of carbonyl (C=O) groups excluding carboxylic acids is 2. The number of carbonyl (C=O) groups is 2. The van der Waals surface area contributed by atoms with Gasteiger partial charge in [-0.2, -0.15) is 0 Å². The summed E-state index contributed by atoms with van der Waals surface area (Å²) < 4.78 is 15.9. The maximum absolute atomic E-state index is 12.2. The molecule has 0 spiro atoms. The zero-order chi connectivity index (χ0) is 20.7. The molecule has 0 radical (unpaired) electrons. The van der Waals surface area contributed by atoms with Crippen LogP contribution in [-0.2, 0) is 9.59 Å². The fourth-order valence-electron chi connectivity index (χ4n) is 2.62. The lowest BCUT2D eigenvalue weighted by atomic mass is 10.1. The molecule has 0 fully saturated rings. The smallest absolute Gasteiger partial charge is 0.248 e. The fourth-order valence-corrected chi connectivity index (χ4v) is 2.62. The Hall–Kier alpha value is -3.48. The number of hydrogen-bond acceptors (Lipinski definition) is 5. The Morgan fingerprint density at radius 2 is 1.57 bits per heavy atom. The summed E-state index contributed by atoms with van der Waals surface area (Å²) in [6.45, 7) is 3.30. The highest BCUT2D eigenvalue weighted by Gasteiger charge is 2.12. The van der Waals surface area contributed by atoms with Crippen molar-refractivity contribution in [3.8, 4) is 17.2 Å². The molecule has 2 amide bonds. The first-order valence-corrected chi connectivity index (χ1v) is 8.55. The number of amides is 2. The Kier molecular flexibility index (Phi) is 7.03. The summed E-state index contributed by atoms with van der Waals surface area (Å²) in [6.07, 6.45) is 3.07. The topological polar surface area (TPSA) is 85.9 Å². The third kappa shape index (κ3) is 5.26. The molecule has 0 aliphatic rings. The van der Waals surface area contributed by atoms with Gasteiger partial charge in [0.1, 0.15) is 0 Å². The number of nitrogens with one attached hydrogen (secondary N) is 2. The average molecular weight is 384 g/mol. The third-order valence-electron chi connectivity index (χ3n) is 3.92. The second kappa shape index (κ2) is 9.45. The second-order valence-electron chi connectivity index (χ2n) is 5.99. The van der Waals surface area contributed by atoms with Crippen molar-refractivity contribution in [2.24, 2.45) is 0 Å².